The average Bonchev–Trinajstić information content (AvgIpc) is 2.60. The molecule has 0 unspecified atom stereocenters. The molecule has 2 rings (SSSR count). The van der Waals surface area contributed by atoms with Gasteiger partial charge >= 0.3 is 0 Å². The van der Waals surface area contributed by atoms with Gasteiger partial charge < -0.3 is 0 Å². The standard InChI is InChI=1S/C20H28O6S2/c1-3-5-7-11-15-16-12-9-10-14-18(16)20(28(24,25)26)19(27(21,22)23)17(15)13-8-6-4-2/h9-10,12,14H,3-8,11,13H2,1-2H3,(H,21,22,23)(H,24,25,26). The molecule has 0 fully saturated rings. The van der Waals surface area contributed by atoms with Crippen molar-refractivity contribution in [3.8, 4) is 0 Å². The number of hydrogen-bond donors (Lipinski definition) is 2. The van der Waals surface area contributed by atoms with Crippen molar-refractivity contribution >= 4 is 31.0 Å². The molecule has 28 heavy (non-hydrogen) atoms. The van der Waals surface area contributed by atoms with Gasteiger partial charge in [-0.1, -0.05) is 63.8 Å². The molecule has 6 nitrogen and oxygen atoms in total. The minimum atomic E-state index is -4.88. The molecule has 0 aliphatic heterocycles. The molecule has 156 valence electrons. The normalized spacial score (nSPS) is 12.6. The molecule has 2 aromatic carbocycles. The molecule has 0 radical (unpaired) electrons. The lowest BCUT2D eigenvalue weighted by atomic mass is 9.91. The Bertz CT molecular complexity index is 1040. The van der Waals surface area contributed by atoms with E-state index in [1.54, 1.807) is 18.2 Å². The highest BCUT2D eigenvalue weighted by atomic mass is 32.2. The molecule has 0 aliphatic rings. The third-order valence-electron chi connectivity index (χ3n) is 4.92. The number of rotatable bonds is 10. The van der Waals surface area contributed by atoms with Gasteiger partial charge in [-0.25, -0.2) is 0 Å². The highest BCUT2D eigenvalue weighted by Gasteiger charge is 2.32. The Labute approximate surface area is 167 Å². The summed E-state index contributed by atoms with van der Waals surface area (Å²) in [5.41, 5.74) is 1.04. The first-order chi connectivity index (χ1) is 13.1. The molecule has 0 aromatic heterocycles. The van der Waals surface area contributed by atoms with Crippen molar-refractivity contribution < 1.29 is 25.9 Å². The Hall–Kier alpha value is -1.48. The van der Waals surface area contributed by atoms with Gasteiger partial charge in [0, 0.05) is 5.39 Å². The fraction of sp³-hybridized carbons (Fsp3) is 0.500. The van der Waals surface area contributed by atoms with E-state index in [0.717, 1.165) is 37.7 Å². The maximum atomic E-state index is 12.3. The van der Waals surface area contributed by atoms with Gasteiger partial charge in [0.05, 0.1) is 0 Å². The number of benzene rings is 2. The highest BCUT2D eigenvalue weighted by molar-refractivity contribution is 7.89. The van der Waals surface area contributed by atoms with Crippen molar-refractivity contribution in [1.82, 2.24) is 0 Å². The second-order valence-corrected chi connectivity index (χ2v) is 9.74. The van der Waals surface area contributed by atoms with Crippen LogP contribution in [0.25, 0.3) is 10.8 Å². The lowest BCUT2D eigenvalue weighted by Crippen LogP contribution is -2.15. The van der Waals surface area contributed by atoms with Gasteiger partial charge in [-0.2, -0.15) is 16.8 Å². The van der Waals surface area contributed by atoms with Crippen molar-refractivity contribution in [2.75, 3.05) is 0 Å². The monoisotopic (exact) mass is 428 g/mol. The molecule has 0 atom stereocenters. The van der Waals surface area contributed by atoms with E-state index >= 15 is 0 Å². The van der Waals surface area contributed by atoms with Crippen LogP contribution in [0.1, 0.15) is 63.5 Å². The predicted octanol–water partition coefficient (Wildman–Crippen LogP) is 4.80. The SMILES string of the molecule is CCCCCc1c(S(=O)(=O)O)c(S(=O)(=O)O)c2ccccc2c1CCCCC. The van der Waals surface area contributed by atoms with Crippen LogP contribution in [0, 0.1) is 0 Å². The summed E-state index contributed by atoms with van der Waals surface area (Å²) in [4.78, 5) is -1.40. The Balaban J connectivity index is 2.96. The summed E-state index contributed by atoms with van der Waals surface area (Å²) < 4.78 is 68.6. The zero-order valence-electron chi connectivity index (χ0n) is 16.3. The molecule has 0 heterocycles. The van der Waals surface area contributed by atoms with Crippen molar-refractivity contribution in [3.63, 3.8) is 0 Å². The van der Waals surface area contributed by atoms with E-state index in [1.165, 1.54) is 6.07 Å². The largest absolute Gasteiger partial charge is 0.296 e. The third-order valence-corrected chi connectivity index (χ3v) is 6.95. The lowest BCUT2D eigenvalue weighted by Gasteiger charge is -2.20. The van der Waals surface area contributed by atoms with Crippen LogP contribution in [0.3, 0.4) is 0 Å². The molecule has 0 amide bonds. The van der Waals surface area contributed by atoms with Crippen LogP contribution in [0.2, 0.25) is 0 Å². The van der Waals surface area contributed by atoms with Crippen molar-refractivity contribution in [3.05, 3.63) is 35.4 Å². The molecular weight excluding hydrogens is 400 g/mol. The molecule has 2 aromatic rings. The highest BCUT2D eigenvalue weighted by Crippen LogP contribution is 2.38. The van der Waals surface area contributed by atoms with Crippen LogP contribution >= 0.6 is 0 Å². The summed E-state index contributed by atoms with van der Waals surface area (Å²) >= 11 is 0. The average molecular weight is 429 g/mol. The first-order valence-electron chi connectivity index (χ1n) is 9.64. The van der Waals surface area contributed by atoms with E-state index in [-0.39, 0.29) is 5.39 Å². The first-order valence-corrected chi connectivity index (χ1v) is 12.5. The van der Waals surface area contributed by atoms with E-state index in [9.17, 15) is 25.9 Å². The summed E-state index contributed by atoms with van der Waals surface area (Å²) in [6.45, 7) is 4.07. The summed E-state index contributed by atoms with van der Waals surface area (Å²) in [6, 6.07) is 6.54. The number of aryl methyl sites for hydroxylation is 1. The zero-order chi connectivity index (χ0) is 20.9. The first kappa shape index (κ1) is 22.8. The van der Waals surface area contributed by atoms with Gasteiger partial charge in [-0.3, -0.25) is 9.11 Å². The zero-order valence-corrected chi connectivity index (χ0v) is 17.9. The lowest BCUT2D eigenvalue weighted by molar-refractivity contribution is 0.465. The molecule has 0 saturated carbocycles. The molecule has 0 bridgehead atoms. The molecular formula is C20H28O6S2. The second-order valence-electron chi connectivity index (χ2n) is 7.03. The van der Waals surface area contributed by atoms with Gasteiger partial charge in [-0.15, -0.1) is 0 Å². The minimum absolute atomic E-state index is 0.114. The smallest absolute Gasteiger partial charge is 0.282 e. The molecule has 8 heteroatoms. The minimum Gasteiger partial charge on any atom is -0.282 e. The van der Waals surface area contributed by atoms with E-state index in [4.69, 9.17) is 0 Å². The topological polar surface area (TPSA) is 109 Å². The maximum Gasteiger partial charge on any atom is 0.296 e. The Morgan fingerprint density at radius 1 is 0.679 bits per heavy atom. The van der Waals surface area contributed by atoms with E-state index in [2.05, 4.69) is 6.92 Å². The number of unbranched alkanes of at least 4 members (excludes halogenated alkanes) is 4. The quantitative estimate of drug-likeness (QED) is 0.416. The summed E-state index contributed by atoms with van der Waals surface area (Å²) in [5.74, 6) is 0. The van der Waals surface area contributed by atoms with Gasteiger partial charge in [0.2, 0.25) is 0 Å². The fourth-order valence-corrected chi connectivity index (χ4v) is 6.01. The Morgan fingerprint density at radius 3 is 1.61 bits per heavy atom. The van der Waals surface area contributed by atoms with Gasteiger partial charge in [0.15, 0.2) is 0 Å². The van der Waals surface area contributed by atoms with Crippen LogP contribution in [-0.4, -0.2) is 25.9 Å². The van der Waals surface area contributed by atoms with Crippen LogP contribution in [0.5, 0.6) is 0 Å². The molecule has 0 saturated heterocycles. The summed E-state index contributed by atoms with van der Waals surface area (Å²) in [7, 11) is -9.75. The summed E-state index contributed by atoms with van der Waals surface area (Å²) in [6.07, 6.45) is 6.04. The molecule has 0 aliphatic carbocycles. The van der Waals surface area contributed by atoms with Crippen LogP contribution < -0.4 is 0 Å². The number of hydrogen-bond acceptors (Lipinski definition) is 4. The van der Waals surface area contributed by atoms with Gasteiger partial charge in [-0.05, 0) is 42.2 Å². The van der Waals surface area contributed by atoms with Crippen molar-refractivity contribution in [2.24, 2.45) is 0 Å². The van der Waals surface area contributed by atoms with E-state index in [0.29, 0.717) is 30.2 Å². The van der Waals surface area contributed by atoms with Crippen LogP contribution in [-0.2, 0) is 33.1 Å². The fourth-order valence-electron chi connectivity index (χ4n) is 3.69. The Kier molecular flexibility index (Phi) is 7.61. The van der Waals surface area contributed by atoms with Gasteiger partial charge in [0.25, 0.3) is 20.2 Å². The Morgan fingerprint density at radius 2 is 1.14 bits per heavy atom. The van der Waals surface area contributed by atoms with E-state index in [1.807, 2.05) is 6.92 Å². The van der Waals surface area contributed by atoms with E-state index < -0.39 is 30.0 Å². The summed E-state index contributed by atoms with van der Waals surface area (Å²) in [5, 5.41) is 0.716. The maximum absolute atomic E-state index is 12.3. The van der Waals surface area contributed by atoms with Crippen molar-refractivity contribution in [1.29, 1.82) is 0 Å². The second kappa shape index (κ2) is 9.35. The molecule has 0 spiro atoms. The van der Waals surface area contributed by atoms with Crippen LogP contribution in [0.15, 0.2) is 34.1 Å². The van der Waals surface area contributed by atoms with Gasteiger partial charge in [0.1, 0.15) is 9.79 Å². The number of fused-ring (bicyclic) bond motifs is 1. The van der Waals surface area contributed by atoms with Crippen molar-refractivity contribution in [2.45, 2.75) is 75.0 Å². The molecule has 2 N–H and O–H groups in total. The predicted molar refractivity (Wildman–Crippen MR) is 110 cm³/mol. The van der Waals surface area contributed by atoms with Crippen LogP contribution in [0.4, 0.5) is 0 Å². The third kappa shape index (κ3) is 5.11.